The van der Waals surface area contributed by atoms with E-state index in [0.29, 0.717) is 51.4 Å². The summed E-state index contributed by atoms with van der Waals surface area (Å²) in [6, 6.07) is 12.2. The van der Waals surface area contributed by atoms with Crippen LogP contribution in [0.2, 0.25) is 0 Å². The normalized spacial score (nSPS) is 17.1. The summed E-state index contributed by atoms with van der Waals surface area (Å²) < 4.78 is 29.0. The van der Waals surface area contributed by atoms with Gasteiger partial charge in [0.05, 0.1) is 0 Å². The lowest BCUT2D eigenvalue weighted by Gasteiger charge is -2.38. The van der Waals surface area contributed by atoms with E-state index in [4.69, 9.17) is 11.0 Å². The number of rotatable bonds is 10. The Balaban J connectivity index is 2.04. The Bertz CT molecular complexity index is 1200. The molecule has 38 heavy (non-hydrogen) atoms. The lowest BCUT2D eigenvalue weighted by molar-refractivity contribution is 0.124. The molecule has 2 amide bonds. The second-order valence-corrected chi connectivity index (χ2v) is 9.70. The Morgan fingerprint density at radius 3 is 2.68 bits per heavy atom. The molecule has 3 rings (SSSR count). The molecule has 2 aromatic carbocycles. The standard InChI is InChI=1S/C26H32F2N8OS/c1-3-35(16-8-14-29)25(37)36-26(19-9-5-4-6-10-19,13-7-15-32-24(31-2)33-18-30)38-23(34-36)21-17-20(27)11-12-22(21)28/h4-6,9-12,17H,3,7-8,13-16,29H2,1-2H3,(H2,31,32,33). The number of hydrogen-bond acceptors (Lipinski definition) is 6. The summed E-state index contributed by atoms with van der Waals surface area (Å²) in [5.74, 6) is -0.901. The van der Waals surface area contributed by atoms with E-state index in [9.17, 15) is 13.6 Å². The number of carbonyl (C=O) groups is 1. The zero-order chi connectivity index (χ0) is 27.5. The number of amides is 2. The Labute approximate surface area is 225 Å². The summed E-state index contributed by atoms with van der Waals surface area (Å²) in [7, 11) is 1.56. The number of benzene rings is 2. The SMILES string of the molecule is CCN(CCCN)C(=O)N1N=C(c2cc(F)ccc2F)SC1(CCCNC(=NC)NC#N)c1ccccc1. The number of guanidine groups is 1. The number of nitrogens with zero attached hydrogens (tertiary/aromatic N) is 5. The lowest BCUT2D eigenvalue weighted by atomic mass is 10.0. The van der Waals surface area contributed by atoms with Crippen LogP contribution in [0, 0.1) is 23.1 Å². The van der Waals surface area contributed by atoms with Crippen molar-refractivity contribution in [1.29, 1.82) is 5.26 Å². The van der Waals surface area contributed by atoms with E-state index in [1.165, 1.54) is 16.8 Å². The van der Waals surface area contributed by atoms with Gasteiger partial charge in [-0.25, -0.2) is 13.6 Å². The van der Waals surface area contributed by atoms with E-state index < -0.39 is 16.5 Å². The number of thioether (sulfide) groups is 1. The molecule has 0 bridgehead atoms. The van der Waals surface area contributed by atoms with Gasteiger partial charge in [-0.3, -0.25) is 10.3 Å². The third-order valence-corrected chi connectivity index (χ3v) is 7.48. The third-order valence-electron chi connectivity index (χ3n) is 6.03. The predicted molar refractivity (Wildman–Crippen MR) is 146 cm³/mol. The largest absolute Gasteiger partial charge is 0.356 e. The van der Waals surface area contributed by atoms with Crippen LogP contribution >= 0.6 is 11.8 Å². The zero-order valence-electron chi connectivity index (χ0n) is 21.5. The minimum Gasteiger partial charge on any atom is -0.356 e. The van der Waals surface area contributed by atoms with Crippen LogP contribution < -0.4 is 16.4 Å². The molecular formula is C26H32F2N8OS. The van der Waals surface area contributed by atoms with Gasteiger partial charge >= 0.3 is 6.03 Å². The Morgan fingerprint density at radius 2 is 2.03 bits per heavy atom. The highest BCUT2D eigenvalue weighted by molar-refractivity contribution is 8.15. The average Bonchev–Trinajstić information content (AvgIpc) is 3.33. The first kappa shape index (κ1) is 28.9. The van der Waals surface area contributed by atoms with Crippen molar-refractivity contribution in [2.45, 2.75) is 31.1 Å². The molecule has 1 unspecified atom stereocenters. The van der Waals surface area contributed by atoms with Gasteiger partial charge in [-0.2, -0.15) is 15.4 Å². The lowest BCUT2D eigenvalue weighted by Crippen LogP contribution is -2.49. The fourth-order valence-corrected chi connectivity index (χ4v) is 5.53. The van der Waals surface area contributed by atoms with Gasteiger partial charge in [0.2, 0.25) is 5.96 Å². The van der Waals surface area contributed by atoms with Crippen molar-refractivity contribution in [2.75, 3.05) is 33.2 Å². The highest BCUT2D eigenvalue weighted by Gasteiger charge is 2.49. The van der Waals surface area contributed by atoms with E-state index >= 15 is 0 Å². The van der Waals surface area contributed by atoms with Gasteiger partial charge in [0.25, 0.3) is 0 Å². The molecule has 202 valence electrons. The van der Waals surface area contributed by atoms with Crippen LogP contribution in [0.3, 0.4) is 0 Å². The van der Waals surface area contributed by atoms with Crippen molar-refractivity contribution in [3.05, 3.63) is 71.3 Å². The van der Waals surface area contributed by atoms with Crippen LogP contribution in [-0.4, -0.2) is 60.2 Å². The molecule has 0 radical (unpaired) electrons. The average molecular weight is 543 g/mol. The molecule has 2 aromatic rings. The number of nitrogens with one attached hydrogen (secondary N) is 2. The van der Waals surface area contributed by atoms with E-state index in [1.54, 1.807) is 11.9 Å². The summed E-state index contributed by atoms with van der Waals surface area (Å²) in [4.78, 5) is 18.5. The number of halogens is 2. The minimum atomic E-state index is -1.03. The number of aliphatic imine (C=N–C) groups is 1. The molecule has 1 aliphatic rings. The first-order valence-electron chi connectivity index (χ1n) is 12.3. The molecule has 0 aliphatic carbocycles. The smallest absolute Gasteiger partial charge is 0.342 e. The highest BCUT2D eigenvalue weighted by Crippen LogP contribution is 2.51. The molecule has 0 spiro atoms. The van der Waals surface area contributed by atoms with E-state index in [2.05, 4.69) is 20.7 Å². The van der Waals surface area contributed by atoms with Gasteiger partial charge < -0.3 is 16.0 Å². The van der Waals surface area contributed by atoms with Crippen LogP contribution in [0.15, 0.2) is 58.6 Å². The van der Waals surface area contributed by atoms with Crippen LogP contribution in [0.25, 0.3) is 0 Å². The fourth-order valence-electron chi connectivity index (χ4n) is 4.12. The van der Waals surface area contributed by atoms with Crippen LogP contribution in [0.5, 0.6) is 0 Å². The number of nitrogens with two attached hydrogens (primary N) is 1. The molecule has 9 nitrogen and oxygen atoms in total. The third kappa shape index (κ3) is 6.59. The number of nitriles is 1. The van der Waals surface area contributed by atoms with E-state index in [1.807, 2.05) is 43.4 Å². The maximum absolute atomic E-state index is 14.9. The monoisotopic (exact) mass is 542 g/mol. The van der Waals surface area contributed by atoms with Crippen LogP contribution in [0.1, 0.15) is 37.3 Å². The number of urea groups is 1. The summed E-state index contributed by atoms with van der Waals surface area (Å²) in [6.45, 7) is 3.61. The molecule has 1 aliphatic heterocycles. The Morgan fingerprint density at radius 1 is 1.26 bits per heavy atom. The molecule has 12 heteroatoms. The van der Waals surface area contributed by atoms with Gasteiger partial charge in [0, 0.05) is 32.2 Å². The molecule has 0 saturated carbocycles. The molecule has 4 N–H and O–H groups in total. The fraction of sp³-hybridized carbons (Fsp3) is 0.385. The maximum Gasteiger partial charge on any atom is 0.342 e. The van der Waals surface area contributed by atoms with Crippen LogP contribution in [0.4, 0.5) is 13.6 Å². The van der Waals surface area contributed by atoms with Crippen molar-refractivity contribution in [3.8, 4) is 6.19 Å². The molecule has 1 heterocycles. The van der Waals surface area contributed by atoms with Crippen molar-refractivity contribution in [2.24, 2.45) is 15.8 Å². The topological polar surface area (TPSA) is 122 Å². The Hall–Kier alpha value is -3.69. The summed E-state index contributed by atoms with van der Waals surface area (Å²) >= 11 is 1.22. The van der Waals surface area contributed by atoms with Gasteiger partial charge in [-0.15, -0.1) is 0 Å². The van der Waals surface area contributed by atoms with E-state index in [0.717, 1.165) is 23.8 Å². The van der Waals surface area contributed by atoms with Crippen molar-refractivity contribution >= 4 is 28.8 Å². The number of hydrogen-bond donors (Lipinski definition) is 3. The molecule has 1 atom stereocenters. The molecular weight excluding hydrogens is 510 g/mol. The quantitative estimate of drug-likeness (QED) is 0.138. The Kier molecular flexibility index (Phi) is 10.4. The molecule has 0 fully saturated rings. The molecule has 0 saturated heterocycles. The van der Waals surface area contributed by atoms with Crippen LogP contribution in [-0.2, 0) is 4.87 Å². The van der Waals surface area contributed by atoms with Gasteiger partial charge in [-0.1, -0.05) is 42.1 Å². The van der Waals surface area contributed by atoms with Crippen molar-refractivity contribution < 1.29 is 13.6 Å². The van der Waals surface area contributed by atoms with E-state index in [-0.39, 0.29) is 16.6 Å². The second kappa shape index (κ2) is 13.7. The van der Waals surface area contributed by atoms with Crippen molar-refractivity contribution in [1.82, 2.24) is 20.5 Å². The van der Waals surface area contributed by atoms with Gasteiger partial charge in [0.15, 0.2) is 6.19 Å². The second-order valence-electron chi connectivity index (χ2n) is 8.44. The first-order chi connectivity index (χ1) is 18.4. The minimum absolute atomic E-state index is 0.00707. The number of carbonyl (C=O) groups excluding carboxylic acids is 1. The number of hydrazone groups is 1. The zero-order valence-corrected chi connectivity index (χ0v) is 22.3. The van der Waals surface area contributed by atoms with Gasteiger partial charge in [0.1, 0.15) is 21.5 Å². The molecule has 0 aromatic heterocycles. The first-order valence-corrected chi connectivity index (χ1v) is 13.1. The predicted octanol–water partition coefficient (Wildman–Crippen LogP) is 3.75. The van der Waals surface area contributed by atoms with Gasteiger partial charge in [-0.05, 0) is 56.5 Å². The summed E-state index contributed by atoms with van der Waals surface area (Å²) in [5, 5.41) is 20.6. The summed E-state index contributed by atoms with van der Waals surface area (Å²) in [6.07, 6.45) is 3.40. The van der Waals surface area contributed by atoms with Crippen molar-refractivity contribution in [3.63, 3.8) is 0 Å². The maximum atomic E-state index is 14.9. The summed E-state index contributed by atoms with van der Waals surface area (Å²) in [5.41, 5.74) is 6.48. The highest BCUT2D eigenvalue weighted by atomic mass is 32.2.